The highest BCUT2D eigenvalue weighted by atomic mass is 16.6. The van der Waals surface area contributed by atoms with Gasteiger partial charge in [0.15, 0.2) is 5.82 Å². The number of aryl methyl sites for hydroxylation is 1. The highest BCUT2D eigenvalue weighted by Crippen LogP contribution is 2.35. The third-order valence-electron chi connectivity index (χ3n) is 4.71. The summed E-state index contributed by atoms with van der Waals surface area (Å²) < 4.78 is 12.0. The molecule has 0 bridgehead atoms. The first-order chi connectivity index (χ1) is 13.9. The summed E-state index contributed by atoms with van der Waals surface area (Å²) in [5, 5.41) is 16.7. The molecule has 1 saturated carbocycles. The molecule has 2 aromatic rings. The maximum absolute atomic E-state index is 12.5. The maximum atomic E-state index is 12.5. The van der Waals surface area contributed by atoms with Crippen molar-refractivity contribution in [2.45, 2.75) is 44.8 Å². The number of nitrogens with one attached hydrogen (secondary N) is 3. The van der Waals surface area contributed by atoms with Gasteiger partial charge in [-0.25, -0.2) is 4.79 Å². The van der Waals surface area contributed by atoms with Crippen LogP contribution < -0.4 is 10.6 Å². The Kier molecular flexibility index (Phi) is 6.32. The van der Waals surface area contributed by atoms with Crippen molar-refractivity contribution in [2.24, 2.45) is 7.05 Å². The first kappa shape index (κ1) is 20.6. The van der Waals surface area contributed by atoms with E-state index in [1.165, 1.54) is 4.68 Å². The molecule has 10 heteroatoms. The SMILES string of the molecule is C=C(C)NC(=O)O[C@@H]1CC[C@H](c2cc(NC(=O)c3cc(COC)nn3C)n[nH]2)C1. The number of hydrogen-bond acceptors (Lipinski definition) is 6. The quantitative estimate of drug-likeness (QED) is 0.654. The molecule has 0 unspecified atom stereocenters. The summed E-state index contributed by atoms with van der Waals surface area (Å²) in [5.41, 5.74) is 2.54. The number of alkyl carbamates (subject to hydrolysis) is 1. The van der Waals surface area contributed by atoms with Gasteiger partial charge in [0.1, 0.15) is 11.8 Å². The van der Waals surface area contributed by atoms with Crippen LogP contribution in [0.4, 0.5) is 10.6 Å². The van der Waals surface area contributed by atoms with E-state index in [1.807, 2.05) is 6.07 Å². The highest BCUT2D eigenvalue weighted by Gasteiger charge is 2.30. The van der Waals surface area contributed by atoms with E-state index in [2.05, 4.69) is 32.5 Å². The van der Waals surface area contributed by atoms with E-state index in [9.17, 15) is 9.59 Å². The Morgan fingerprint density at radius 1 is 1.38 bits per heavy atom. The number of carbonyl (C=O) groups excluding carboxylic acids is 2. The normalized spacial score (nSPS) is 18.4. The van der Waals surface area contributed by atoms with Crippen LogP contribution >= 0.6 is 0 Å². The standard InChI is InChI=1S/C19H26N6O4/c1-11(2)20-19(27)29-14-6-5-12(7-14)15-9-17(23-22-15)21-18(26)16-8-13(10-28-4)24-25(16)3/h8-9,12,14H,1,5-7,10H2,2-4H3,(H,20,27)(H2,21,22,23,26)/t12-,14+/m0/s1. The molecule has 10 nitrogen and oxygen atoms in total. The Balaban J connectivity index is 1.56. The van der Waals surface area contributed by atoms with Crippen molar-refractivity contribution in [3.8, 4) is 0 Å². The van der Waals surface area contributed by atoms with E-state index in [1.54, 1.807) is 27.1 Å². The molecule has 3 rings (SSSR count). The lowest BCUT2D eigenvalue weighted by atomic mass is 10.0. The summed E-state index contributed by atoms with van der Waals surface area (Å²) in [6.45, 7) is 5.66. The van der Waals surface area contributed by atoms with Gasteiger partial charge in [-0.15, -0.1) is 0 Å². The predicted molar refractivity (Wildman–Crippen MR) is 105 cm³/mol. The zero-order chi connectivity index (χ0) is 21.0. The Labute approximate surface area is 168 Å². The molecular formula is C19H26N6O4. The zero-order valence-electron chi connectivity index (χ0n) is 16.8. The Morgan fingerprint density at radius 3 is 2.90 bits per heavy atom. The number of allylic oxidation sites excluding steroid dienone is 1. The lowest BCUT2D eigenvalue weighted by molar-refractivity contribution is 0.101. The number of H-pyrrole nitrogens is 1. The summed E-state index contributed by atoms with van der Waals surface area (Å²) in [5.74, 6) is 0.314. The van der Waals surface area contributed by atoms with Crippen LogP contribution in [0.25, 0.3) is 0 Å². The van der Waals surface area contributed by atoms with Crippen LogP contribution in [0.5, 0.6) is 0 Å². The average Bonchev–Trinajstić information content (AvgIpc) is 3.35. The number of rotatable bonds is 7. The Morgan fingerprint density at radius 2 is 2.17 bits per heavy atom. The van der Waals surface area contributed by atoms with Gasteiger partial charge in [0.2, 0.25) is 0 Å². The lowest BCUT2D eigenvalue weighted by Crippen LogP contribution is -2.26. The van der Waals surface area contributed by atoms with Crippen molar-refractivity contribution in [3.63, 3.8) is 0 Å². The molecule has 0 aliphatic heterocycles. The van der Waals surface area contributed by atoms with Gasteiger partial charge in [0.05, 0.1) is 12.3 Å². The largest absolute Gasteiger partial charge is 0.446 e. The minimum absolute atomic E-state index is 0.158. The molecule has 2 amide bonds. The number of amides is 2. The third kappa shape index (κ3) is 5.23. The summed E-state index contributed by atoms with van der Waals surface area (Å²) in [4.78, 5) is 24.2. The molecule has 0 saturated heterocycles. The second-order valence-electron chi connectivity index (χ2n) is 7.18. The second-order valence-corrected chi connectivity index (χ2v) is 7.18. The van der Waals surface area contributed by atoms with Gasteiger partial charge in [0.25, 0.3) is 5.91 Å². The van der Waals surface area contributed by atoms with Crippen molar-refractivity contribution in [1.29, 1.82) is 0 Å². The van der Waals surface area contributed by atoms with Crippen molar-refractivity contribution < 1.29 is 19.1 Å². The number of hydrogen-bond donors (Lipinski definition) is 3. The van der Waals surface area contributed by atoms with Crippen LogP contribution in [0.1, 0.15) is 54.0 Å². The van der Waals surface area contributed by atoms with Crippen LogP contribution in [-0.4, -0.2) is 45.2 Å². The summed E-state index contributed by atoms with van der Waals surface area (Å²) in [7, 11) is 3.28. The first-order valence-electron chi connectivity index (χ1n) is 9.37. The van der Waals surface area contributed by atoms with E-state index in [4.69, 9.17) is 9.47 Å². The molecule has 29 heavy (non-hydrogen) atoms. The molecule has 0 aromatic carbocycles. The van der Waals surface area contributed by atoms with Crippen molar-refractivity contribution in [2.75, 3.05) is 12.4 Å². The smallest absolute Gasteiger partial charge is 0.411 e. The van der Waals surface area contributed by atoms with Crippen LogP contribution in [0.3, 0.4) is 0 Å². The summed E-state index contributed by atoms with van der Waals surface area (Å²) in [6, 6.07) is 3.49. The second kappa shape index (κ2) is 8.91. The first-order valence-corrected chi connectivity index (χ1v) is 9.37. The molecule has 2 atom stereocenters. The number of nitrogens with zero attached hydrogens (tertiary/aromatic N) is 3. The molecule has 1 fully saturated rings. The van der Waals surface area contributed by atoms with Crippen LogP contribution in [0, 0.1) is 0 Å². The predicted octanol–water partition coefficient (Wildman–Crippen LogP) is 2.44. The fraction of sp³-hybridized carbons (Fsp3) is 0.474. The molecule has 0 spiro atoms. The number of aromatic nitrogens is 4. The van der Waals surface area contributed by atoms with Gasteiger partial charge in [-0.2, -0.15) is 10.2 Å². The van der Waals surface area contributed by atoms with Gasteiger partial charge in [0, 0.05) is 37.5 Å². The Bertz CT molecular complexity index is 902. The van der Waals surface area contributed by atoms with Crippen molar-refractivity contribution in [3.05, 3.63) is 41.5 Å². The third-order valence-corrected chi connectivity index (χ3v) is 4.71. The van der Waals surface area contributed by atoms with E-state index < -0.39 is 6.09 Å². The van der Waals surface area contributed by atoms with Crippen molar-refractivity contribution in [1.82, 2.24) is 25.3 Å². The lowest BCUT2D eigenvalue weighted by Gasteiger charge is -2.12. The number of anilines is 1. The molecule has 2 aromatic heterocycles. The van der Waals surface area contributed by atoms with Gasteiger partial charge in [-0.3, -0.25) is 19.9 Å². The number of methoxy groups -OCH3 is 1. The number of aromatic amines is 1. The van der Waals surface area contributed by atoms with Crippen LogP contribution in [-0.2, 0) is 23.1 Å². The minimum Gasteiger partial charge on any atom is -0.446 e. The maximum Gasteiger partial charge on any atom is 0.411 e. The fourth-order valence-corrected chi connectivity index (χ4v) is 3.43. The monoisotopic (exact) mass is 402 g/mol. The average molecular weight is 402 g/mol. The molecule has 2 heterocycles. The topological polar surface area (TPSA) is 123 Å². The van der Waals surface area contributed by atoms with Gasteiger partial charge < -0.3 is 14.8 Å². The molecular weight excluding hydrogens is 376 g/mol. The Hall–Kier alpha value is -3.14. The van der Waals surface area contributed by atoms with Crippen molar-refractivity contribution >= 4 is 17.8 Å². The van der Waals surface area contributed by atoms with E-state index in [-0.39, 0.29) is 17.9 Å². The van der Waals surface area contributed by atoms with Crippen LogP contribution in [0.15, 0.2) is 24.4 Å². The summed E-state index contributed by atoms with van der Waals surface area (Å²) >= 11 is 0. The molecule has 3 N–H and O–H groups in total. The number of ether oxygens (including phenoxy) is 2. The highest BCUT2D eigenvalue weighted by molar-refractivity contribution is 6.02. The zero-order valence-corrected chi connectivity index (χ0v) is 16.8. The molecule has 1 aliphatic carbocycles. The minimum atomic E-state index is -0.482. The van der Waals surface area contributed by atoms with Gasteiger partial charge in [-0.1, -0.05) is 6.58 Å². The molecule has 156 valence electrons. The van der Waals surface area contributed by atoms with E-state index in [0.717, 1.165) is 18.5 Å². The molecule has 1 aliphatic rings. The van der Waals surface area contributed by atoms with E-state index >= 15 is 0 Å². The number of carbonyl (C=O) groups is 2. The van der Waals surface area contributed by atoms with Crippen LogP contribution in [0.2, 0.25) is 0 Å². The van der Waals surface area contributed by atoms with E-state index in [0.29, 0.717) is 35.9 Å². The van der Waals surface area contributed by atoms with Gasteiger partial charge in [-0.05, 0) is 32.3 Å². The van der Waals surface area contributed by atoms with Gasteiger partial charge >= 0.3 is 6.09 Å². The summed E-state index contributed by atoms with van der Waals surface area (Å²) in [6.07, 6.45) is 1.69. The fourth-order valence-electron chi connectivity index (χ4n) is 3.43. The molecule has 0 radical (unpaired) electrons.